The number of nitro groups is 1. The molecule has 2 rings (SSSR count). The van der Waals surface area contributed by atoms with Gasteiger partial charge in [0.25, 0.3) is 11.6 Å². The number of rotatable bonds is 3. The average Bonchev–Trinajstić information content (AvgIpc) is 2.81. The van der Waals surface area contributed by atoms with E-state index < -0.39 is 10.8 Å². The van der Waals surface area contributed by atoms with E-state index in [2.05, 4.69) is 20.1 Å². The van der Waals surface area contributed by atoms with E-state index in [4.69, 9.17) is 5.73 Å². The van der Waals surface area contributed by atoms with Gasteiger partial charge in [0.05, 0.1) is 10.5 Å². The van der Waals surface area contributed by atoms with Crippen LogP contribution in [-0.2, 0) is 0 Å². The first-order valence-electron chi connectivity index (χ1n) is 4.59. The van der Waals surface area contributed by atoms with Gasteiger partial charge in [0.1, 0.15) is 5.69 Å². The van der Waals surface area contributed by atoms with Crippen molar-refractivity contribution >= 4 is 33.9 Å². The normalized spacial score (nSPS) is 10.0. The molecule has 3 N–H and O–H groups in total. The summed E-state index contributed by atoms with van der Waals surface area (Å²) in [6.07, 6.45) is 0. The third kappa shape index (κ3) is 2.22. The summed E-state index contributed by atoms with van der Waals surface area (Å²) in [5, 5.41) is 20.1. The van der Waals surface area contributed by atoms with Crippen molar-refractivity contribution < 1.29 is 9.72 Å². The first-order chi connectivity index (χ1) is 8.59. The monoisotopic (exact) mass is 266 g/mol. The van der Waals surface area contributed by atoms with E-state index in [9.17, 15) is 14.9 Å². The van der Waals surface area contributed by atoms with Crippen LogP contribution in [0, 0.1) is 10.1 Å². The van der Waals surface area contributed by atoms with E-state index in [0.29, 0.717) is 0 Å². The van der Waals surface area contributed by atoms with E-state index in [1.807, 2.05) is 0 Å². The van der Waals surface area contributed by atoms with Gasteiger partial charge in [0, 0.05) is 17.6 Å². The molecule has 0 unspecified atom stereocenters. The number of nitrogens with zero attached hydrogens (tertiary/aromatic N) is 4. The summed E-state index contributed by atoms with van der Waals surface area (Å²) in [5.74, 6) is -0.602. The summed E-state index contributed by atoms with van der Waals surface area (Å²) in [6.45, 7) is 0. The number of anilines is 2. The topological polar surface area (TPSA) is 137 Å². The lowest BCUT2D eigenvalue weighted by Gasteiger charge is -2.04. The fraction of sp³-hybridized carbons (Fsp3) is 0. The number of carbonyl (C=O) groups excluding carboxylic acids is 1. The Balaban J connectivity index is 2.31. The molecule has 0 aliphatic heterocycles. The molecule has 92 valence electrons. The fourth-order valence-electron chi connectivity index (χ4n) is 1.26. The molecule has 1 heterocycles. The van der Waals surface area contributed by atoms with Crippen LogP contribution in [0.15, 0.2) is 18.2 Å². The van der Waals surface area contributed by atoms with E-state index >= 15 is 0 Å². The summed E-state index contributed by atoms with van der Waals surface area (Å²) in [7, 11) is 0. The van der Waals surface area contributed by atoms with Crippen LogP contribution in [0.2, 0.25) is 0 Å². The Kier molecular flexibility index (Phi) is 3.10. The maximum atomic E-state index is 11.8. The highest BCUT2D eigenvalue weighted by Crippen LogP contribution is 2.25. The number of hydrogen-bond acceptors (Lipinski definition) is 8. The molecule has 2 aromatic rings. The first kappa shape index (κ1) is 11.9. The lowest BCUT2D eigenvalue weighted by molar-refractivity contribution is -0.383. The standard InChI is InChI=1S/C8H6N6O3S/c9-6-4(2-1-3-5(6)14(16)17)7(15)10-8-11-12-13-18-8/h1-3H,9H2,(H,10,11,13,15). The van der Waals surface area contributed by atoms with Crippen LogP contribution >= 0.6 is 11.5 Å². The molecule has 1 aromatic carbocycles. The van der Waals surface area contributed by atoms with Crippen LogP contribution in [0.1, 0.15) is 10.4 Å². The zero-order chi connectivity index (χ0) is 13.1. The molecule has 0 aliphatic carbocycles. The summed E-state index contributed by atoms with van der Waals surface area (Å²) in [5.41, 5.74) is 5.04. The van der Waals surface area contributed by atoms with Gasteiger partial charge in [-0.3, -0.25) is 20.2 Å². The van der Waals surface area contributed by atoms with E-state index in [1.165, 1.54) is 18.2 Å². The lowest BCUT2D eigenvalue weighted by atomic mass is 10.1. The number of nitrogens with one attached hydrogen (secondary N) is 1. The van der Waals surface area contributed by atoms with Gasteiger partial charge in [-0.05, 0) is 11.3 Å². The van der Waals surface area contributed by atoms with Crippen molar-refractivity contribution in [3.05, 3.63) is 33.9 Å². The molecule has 1 amide bonds. The van der Waals surface area contributed by atoms with Crippen molar-refractivity contribution in [1.82, 2.24) is 14.8 Å². The smallest absolute Gasteiger partial charge is 0.292 e. The van der Waals surface area contributed by atoms with Crippen LogP contribution < -0.4 is 11.1 Å². The number of nitro benzene ring substituents is 1. The Bertz CT molecular complexity index is 599. The Morgan fingerprint density at radius 1 is 1.50 bits per heavy atom. The van der Waals surface area contributed by atoms with Gasteiger partial charge < -0.3 is 5.73 Å². The van der Waals surface area contributed by atoms with E-state index in [0.717, 1.165) is 11.5 Å². The number of benzene rings is 1. The average molecular weight is 266 g/mol. The van der Waals surface area contributed by atoms with Crippen LogP contribution in [0.3, 0.4) is 0 Å². The highest BCUT2D eigenvalue weighted by molar-refractivity contribution is 7.09. The second-order valence-corrected chi connectivity index (χ2v) is 3.85. The second kappa shape index (κ2) is 4.71. The zero-order valence-electron chi connectivity index (χ0n) is 8.73. The van der Waals surface area contributed by atoms with Gasteiger partial charge in [-0.1, -0.05) is 15.7 Å². The SMILES string of the molecule is Nc1c(C(=O)Nc2nnns2)cccc1[N+](=O)[O-]. The third-order valence-corrected chi connectivity index (χ3v) is 2.56. The highest BCUT2D eigenvalue weighted by Gasteiger charge is 2.19. The molecule has 0 aliphatic rings. The Morgan fingerprint density at radius 2 is 2.28 bits per heavy atom. The second-order valence-electron chi connectivity index (χ2n) is 3.12. The number of amides is 1. The maximum absolute atomic E-state index is 11.8. The number of aromatic nitrogens is 3. The van der Waals surface area contributed by atoms with E-state index in [-0.39, 0.29) is 22.1 Å². The van der Waals surface area contributed by atoms with Crippen molar-refractivity contribution in [2.45, 2.75) is 0 Å². The number of nitrogens with two attached hydrogens (primary N) is 1. The summed E-state index contributed by atoms with van der Waals surface area (Å²) < 4.78 is 3.46. The molecule has 0 saturated carbocycles. The fourth-order valence-corrected chi connectivity index (χ4v) is 1.62. The van der Waals surface area contributed by atoms with Gasteiger partial charge in [-0.25, -0.2) is 0 Å². The molecule has 10 heteroatoms. The summed E-state index contributed by atoms with van der Waals surface area (Å²) in [4.78, 5) is 21.8. The maximum Gasteiger partial charge on any atom is 0.292 e. The molecule has 0 radical (unpaired) electrons. The zero-order valence-corrected chi connectivity index (χ0v) is 9.55. The molecule has 0 fully saturated rings. The van der Waals surface area contributed by atoms with Crippen LogP contribution in [-0.4, -0.2) is 25.6 Å². The van der Waals surface area contributed by atoms with Gasteiger partial charge in [-0.15, -0.1) is 0 Å². The predicted molar refractivity (Wildman–Crippen MR) is 63.2 cm³/mol. The van der Waals surface area contributed by atoms with Crippen molar-refractivity contribution in [3.63, 3.8) is 0 Å². The van der Waals surface area contributed by atoms with Crippen molar-refractivity contribution in [3.8, 4) is 0 Å². The molecule has 9 nitrogen and oxygen atoms in total. The molecule has 0 spiro atoms. The van der Waals surface area contributed by atoms with Crippen LogP contribution in [0.4, 0.5) is 16.5 Å². The largest absolute Gasteiger partial charge is 0.393 e. The summed E-state index contributed by atoms with van der Waals surface area (Å²) in [6, 6.07) is 3.98. The van der Waals surface area contributed by atoms with E-state index in [1.54, 1.807) is 0 Å². The number of para-hydroxylation sites is 1. The number of hydrogen-bond donors (Lipinski definition) is 2. The Labute approximate surface area is 104 Å². The molecule has 0 bridgehead atoms. The quantitative estimate of drug-likeness (QED) is 0.473. The molecule has 18 heavy (non-hydrogen) atoms. The summed E-state index contributed by atoms with van der Waals surface area (Å²) >= 11 is 0.883. The van der Waals surface area contributed by atoms with Crippen LogP contribution in [0.25, 0.3) is 0 Å². The molecular weight excluding hydrogens is 260 g/mol. The van der Waals surface area contributed by atoms with Gasteiger partial charge in [0.15, 0.2) is 0 Å². The minimum Gasteiger partial charge on any atom is -0.393 e. The van der Waals surface area contributed by atoms with Crippen molar-refractivity contribution in [2.75, 3.05) is 11.1 Å². The molecular formula is C8H6N6O3S. The molecule has 1 aromatic heterocycles. The van der Waals surface area contributed by atoms with Crippen molar-refractivity contribution in [1.29, 1.82) is 0 Å². The minimum atomic E-state index is -0.654. The minimum absolute atomic E-state index is 0.000556. The predicted octanol–water partition coefficient (Wildman–Crippen LogP) is 0.676. The van der Waals surface area contributed by atoms with Crippen molar-refractivity contribution in [2.24, 2.45) is 0 Å². The first-order valence-corrected chi connectivity index (χ1v) is 5.36. The molecule has 0 atom stereocenters. The van der Waals surface area contributed by atoms with Gasteiger partial charge >= 0.3 is 0 Å². The molecule has 0 saturated heterocycles. The van der Waals surface area contributed by atoms with Crippen LogP contribution in [0.5, 0.6) is 0 Å². The lowest BCUT2D eigenvalue weighted by Crippen LogP contribution is -2.14. The van der Waals surface area contributed by atoms with Gasteiger partial charge in [0.2, 0.25) is 5.13 Å². The Hall–Kier alpha value is -2.62. The number of carbonyl (C=O) groups is 1. The third-order valence-electron chi connectivity index (χ3n) is 2.04. The van der Waals surface area contributed by atoms with Gasteiger partial charge in [-0.2, -0.15) is 0 Å². The highest BCUT2D eigenvalue weighted by atomic mass is 32.1. The Morgan fingerprint density at radius 3 is 2.89 bits per heavy atom. The number of nitrogen functional groups attached to an aromatic ring is 1.